The number of carbonyl (C=O) groups excluding carboxylic acids is 1. The average Bonchev–Trinajstić information content (AvgIpc) is 3.11. The first-order valence-electron chi connectivity index (χ1n) is 9.83. The van der Waals surface area contributed by atoms with Gasteiger partial charge in [-0.25, -0.2) is 4.57 Å². The van der Waals surface area contributed by atoms with Crippen LogP contribution in [0.4, 0.5) is 0 Å². The SMILES string of the molecule is COc1cc2cc(C(=O)CCc3cc[n+](CC4CCC4)cc3)sc2cc1OC.[Br-]. The molecule has 4 nitrogen and oxygen atoms in total. The lowest BCUT2D eigenvalue weighted by molar-refractivity contribution is -0.705. The first-order valence-corrected chi connectivity index (χ1v) is 10.6. The van der Waals surface area contributed by atoms with E-state index in [4.69, 9.17) is 9.47 Å². The Balaban J connectivity index is 0.00000240. The van der Waals surface area contributed by atoms with Crippen LogP contribution in [-0.2, 0) is 13.0 Å². The minimum atomic E-state index is 0. The molecule has 1 aromatic carbocycles. The normalized spacial score (nSPS) is 13.6. The Bertz CT molecular complexity index is 939. The number of pyridine rings is 1. The van der Waals surface area contributed by atoms with Crippen molar-refractivity contribution in [2.75, 3.05) is 14.2 Å². The topological polar surface area (TPSA) is 39.4 Å². The fourth-order valence-corrected chi connectivity index (χ4v) is 4.68. The molecule has 1 aliphatic rings. The van der Waals surface area contributed by atoms with Gasteiger partial charge in [0.2, 0.25) is 0 Å². The Labute approximate surface area is 186 Å². The predicted octanol–water partition coefficient (Wildman–Crippen LogP) is 1.83. The standard InChI is InChI=1S/C23H26NO3S.BrH/c1-26-20-12-18-13-23(28-22(18)14-21(20)27-2)19(25)7-6-16-8-10-24(11-9-16)15-17-4-3-5-17;/h8-14,17H,3-7,15H2,1-2H3;1H/q+1;/p-1. The molecule has 1 fully saturated rings. The van der Waals surface area contributed by atoms with E-state index in [1.165, 1.54) is 36.2 Å². The number of halogens is 1. The number of Topliss-reactive ketones (excluding diaryl/α,β-unsaturated/α-hetero) is 1. The maximum Gasteiger partial charge on any atom is 0.173 e. The fourth-order valence-electron chi connectivity index (χ4n) is 3.63. The van der Waals surface area contributed by atoms with Gasteiger partial charge < -0.3 is 26.5 Å². The van der Waals surface area contributed by atoms with E-state index in [2.05, 4.69) is 29.1 Å². The Morgan fingerprint density at radius 2 is 1.79 bits per heavy atom. The van der Waals surface area contributed by atoms with Gasteiger partial charge in [-0.2, -0.15) is 0 Å². The number of aryl methyl sites for hydroxylation is 1. The van der Waals surface area contributed by atoms with Gasteiger partial charge in [0.1, 0.15) is 0 Å². The Kier molecular flexibility index (Phi) is 7.30. The molecule has 29 heavy (non-hydrogen) atoms. The third-order valence-corrected chi connectivity index (χ3v) is 6.73. The first-order chi connectivity index (χ1) is 13.7. The largest absolute Gasteiger partial charge is 1.00 e. The average molecular weight is 476 g/mol. The lowest BCUT2D eigenvalue weighted by atomic mass is 9.85. The lowest BCUT2D eigenvalue weighted by Crippen LogP contribution is -3.00. The Hall–Kier alpha value is -1.92. The van der Waals surface area contributed by atoms with Gasteiger partial charge in [-0.05, 0) is 42.3 Å². The van der Waals surface area contributed by atoms with Crippen molar-refractivity contribution in [2.24, 2.45) is 5.92 Å². The van der Waals surface area contributed by atoms with Crippen LogP contribution in [0.2, 0.25) is 0 Å². The van der Waals surface area contributed by atoms with Crippen LogP contribution in [0.3, 0.4) is 0 Å². The van der Waals surface area contributed by atoms with Crippen molar-refractivity contribution in [2.45, 2.75) is 38.6 Å². The number of ketones is 1. The zero-order chi connectivity index (χ0) is 19.5. The summed E-state index contributed by atoms with van der Waals surface area (Å²) in [5.41, 5.74) is 1.21. The van der Waals surface area contributed by atoms with E-state index in [1.807, 2.05) is 18.2 Å². The summed E-state index contributed by atoms with van der Waals surface area (Å²) in [5.74, 6) is 2.41. The molecular formula is C23H26BrNO3S. The maximum absolute atomic E-state index is 12.7. The number of fused-ring (bicyclic) bond motifs is 1. The van der Waals surface area contributed by atoms with Gasteiger partial charge in [0.15, 0.2) is 36.2 Å². The third kappa shape index (κ3) is 4.98. The second-order valence-electron chi connectivity index (χ2n) is 7.48. The molecule has 3 aromatic rings. The number of ether oxygens (including phenoxy) is 2. The summed E-state index contributed by atoms with van der Waals surface area (Å²) in [4.78, 5) is 13.5. The molecule has 0 radical (unpaired) electrons. The second kappa shape index (κ2) is 9.72. The molecule has 0 atom stereocenters. The number of hydrogen-bond acceptors (Lipinski definition) is 4. The molecule has 6 heteroatoms. The van der Waals surface area contributed by atoms with Crippen LogP contribution < -0.4 is 31.0 Å². The lowest BCUT2D eigenvalue weighted by Gasteiger charge is -2.21. The number of nitrogens with zero attached hydrogens (tertiary/aromatic N) is 1. The monoisotopic (exact) mass is 475 g/mol. The van der Waals surface area contributed by atoms with Crippen molar-refractivity contribution in [3.05, 3.63) is 53.2 Å². The van der Waals surface area contributed by atoms with Crippen LogP contribution in [0.5, 0.6) is 11.5 Å². The fraction of sp³-hybridized carbons (Fsp3) is 0.391. The van der Waals surface area contributed by atoms with Crippen LogP contribution in [-0.4, -0.2) is 20.0 Å². The summed E-state index contributed by atoms with van der Waals surface area (Å²) in [6, 6.07) is 10.1. The first kappa shape index (κ1) is 21.8. The van der Waals surface area contributed by atoms with Crippen LogP contribution in [0.1, 0.15) is 40.9 Å². The highest BCUT2D eigenvalue weighted by molar-refractivity contribution is 7.20. The molecule has 4 rings (SSSR count). The quantitative estimate of drug-likeness (QED) is 0.368. The van der Waals surface area contributed by atoms with Crippen molar-refractivity contribution in [3.63, 3.8) is 0 Å². The summed E-state index contributed by atoms with van der Waals surface area (Å²) >= 11 is 1.52. The van der Waals surface area contributed by atoms with E-state index in [-0.39, 0.29) is 22.8 Å². The molecule has 0 unspecified atom stereocenters. The minimum Gasteiger partial charge on any atom is -1.00 e. The van der Waals surface area contributed by atoms with Crippen molar-refractivity contribution in [1.29, 1.82) is 0 Å². The molecular weight excluding hydrogens is 450 g/mol. The van der Waals surface area contributed by atoms with Crippen molar-refractivity contribution >= 4 is 27.2 Å². The molecule has 1 saturated carbocycles. The Morgan fingerprint density at radius 3 is 2.41 bits per heavy atom. The summed E-state index contributed by atoms with van der Waals surface area (Å²) in [7, 11) is 3.25. The van der Waals surface area contributed by atoms with Gasteiger partial charge in [0, 0.05) is 35.2 Å². The van der Waals surface area contributed by atoms with Gasteiger partial charge in [-0.1, -0.05) is 6.42 Å². The van der Waals surface area contributed by atoms with E-state index in [0.29, 0.717) is 17.9 Å². The zero-order valence-electron chi connectivity index (χ0n) is 16.8. The molecule has 2 aromatic heterocycles. The molecule has 154 valence electrons. The number of benzene rings is 1. The third-order valence-electron chi connectivity index (χ3n) is 5.59. The Morgan fingerprint density at radius 1 is 1.10 bits per heavy atom. The van der Waals surface area contributed by atoms with Gasteiger partial charge in [0.25, 0.3) is 0 Å². The number of methoxy groups -OCH3 is 2. The number of aromatic nitrogens is 1. The predicted molar refractivity (Wildman–Crippen MR) is 112 cm³/mol. The van der Waals surface area contributed by atoms with Gasteiger partial charge in [-0.15, -0.1) is 11.3 Å². The highest BCUT2D eigenvalue weighted by Crippen LogP contribution is 2.36. The summed E-state index contributed by atoms with van der Waals surface area (Å²) in [6.07, 6.45) is 9.68. The number of carbonyl (C=O) groups is 1. The van der Waals surface area contributed by atoms with Crippen LogP contribution >= 0.6 is 11.3 Å². The van der Waals surface area contributed by atoms with Gasteiger partial charge in [-0.3, -0.25) is 4.79 Å². The van der Waals surface area contributed by atoms with E-state index in [9.17, 15) is 4.79 Å². The number of rotatable bonds is 8. The van der Waals surface area contributed by atoms with E-state index in [0.717, 1.165) is 33.8 Å². The molecule has 0 aliphatic heterocycles. The molecule has 0 bridgehead atoms. The minimum absolute atomic E-state index is 0. The van der Waals surface area contributed by atoms with E-state index in [1.54, 1.807) is 14.2 Å². The highest BCUT2D eigenvalue weighted by Gasteiger charge is 2.21. The smallest absolute Gasteiger partial charge is 0.173 e. The number of hydrogen-bond donors (Lipinski definition) is 0. The molecule has 0 spiro atoms. The van der Waals surface area contributed by atoms with Crippen LogP contribution in [0.25, 0.3) is 10.1 Å². The van der Waals surface area contributed by atoms with Crippen molar-refractivity contribution < 1.29 is 35.8 Å². The molecule has 0 amide bonds. The van der Waals surface area contributed by atoms with Crippen LogP contribution in [0, 0.1) is 5.92 Å². The highest BCUT2D eigenvalue weighted by atomic mass is 79.9. The molecule has 0 saturated heterocycles. The molecule has 2 heterocycles. The maximum atomic E-state index is 12.7. The molecule has 0 N–H and O–H groups in total. The zero-order valence-corrected chi connectivity index (χ0v) is 19.2. The van der Waals surface area contributed by atoms with Gasteiger partial charge >= 0.3 is 0 Å². The van der Waals surface area contributed by atoms with Crippen molar-refractivity contribution in [1.82, 2.24) is 0 Å². The second-order valence-corrected chi connectivity index (χ2v) is 8.56. The molecule has 1 aliphatic carbocycles. The number of thiophene rings is 1. The van der Waals surface area contributed by atoms with Crippen molar-refractivity contribution in [3.8, 4) is 11.5 Å². The van der Waals surface area contributed by atoms with Gasteiger partial charge in [0.05, 0.1) is 19.1 Å². The summed E-state index contributed by atoms with van der Waals surface area (Å²) < 4.78 is 14.0. The van der Waals surface area contributed by atoms with E-state index < -0.39 is 0 Å². The van der Waals surface area contributed by atoms with Crippen LogP contribution in [0.15, 0.2) is 42.7 Å². The summed E-state index contributed by atoms with van der Waals surface area (Å²) in [6.45, 7) is 1.12. The summed E-state index contributed by atoms with van der Waals surface area (Å²) in [5, 5.41) is 1.02. The van der Waals surface area contributed by atoms with E-state index >= 15 is 0 Å².